The van der Waals surface area contributed by atoms with Gasteiger partial charge in [0, 0.05) is 24.7 Å². The summed E-state index contributed by atoms with van der Waals surface area (Å²) in [6.07, 6.45) is 1.80. The maximum Gasteiger partial charge on any atom is 0.128 e. The van der Waals surface area contributed by atoms with Crippen molar-refractivity contribution in [2.75, 3.05) is 11.9 Å². The molecule has 2 N–H and O–H groups in total. The molecule has 2 rings (SSSR count). The molecule has 2 heterocycles. The Bertz CT molecular complexity index is 467. The zero-order valence-electron chi connectivity index (χ0n) is 10.00. The lowest BCUT2D eigenvalue weighted by Gasteiger charge is -2.18. The Hall–Kier alpha value is -1.46. The standard InChI is InChI=1S/C12H16N4S/c1-9(13)10-3-4-14-12(5-10)16(2)6-11-7-17-8-15-11/h3-5,7-9H,6,13H2,1-2H3/t9-/m0/s1. The van der Waals surface area contributed by atoms with Crippen molar-refractivity contribution >= 4 is 17.2 Å². The highest BCUT2D eigenvalue weighted by Crippen LogP contribution is 2.17. The van der Waals surface area contributed by atoms with Gasteiger partial charge in [0.1, 0.15) is 5.82 Å². The Kier molecular flexibility index (Phi) is 3.71. The number of nitrogens with zero attached hydrogens (tertiary/aromatic N) is 3. The van der Waals surface area contributed by atoms with E-state index in [1.807, 2.05) is 37.0 Å². The molecule has 0 aliphatic rings. The van der Waals surface area contributed by atoms with Crippen LogP contribution in [0.5, 0.6) is 0 Å². The molecule has 4 nitrogen and oxygen atoms in total. The van der Waals surface area contributed by atoms with Crippen molar-refractivity contribution < 1.29 is 0 Å². The lowest BCUT2D eigenvalue weighted by molar-refractivity contribution is 0.807. The van der Waals surface area contributed by atoms with Crippen LogP contribution >= 0.6 is 11.3 Å². The van der Waals surface area contributed by atoms with Crippen molar-refractivity contribution in [2.45, 2.75) is 19.5 Å². The van der Waals surface area contributed by atoms with E-state index in [2.05, 4.69) is 14.9 Å². The van der Waals surface area contributed by atoms with E-state index in [9.17, 15) is 0 Å². The lowest BCUT2D eigenvalue weighted by Crippen LogP contribution is -2.18. The molecule has 0 aliphatic heterocycles. The predicted molar refractivity (Wildman–Crippen MR) is 71.1 cm³/mol. The molecule has 90 valence electrons. The second kappa shape index (κ2) is 5.25. The molecular weight excluding hydrogens is 232 g/mol. The SMILES string of the molecule is C[C@H](N)c1ccnc(N(C)Cc2cscn2)c1. The number of anilines is 1. The molecule has 0 bridgehead atoms. The van der Waals surface area contributed by atoms with Crippen molar-refractivity contribution in [1.82, 2.24) is 9.97 Å². The molecular formula is C12H16N4S. The van der Waals surface area contributed by atoms with Crippen LogP contribution in [-0.4, -0.2) is 17.0 Å². The number of hydrogen-bond acceptors (Lipinski definition) is 5. The van der Waals surface area contributed by atoms with Crippen LogP contribution in [0.2, 0.25) is 0 Å². The summed E-state index contributed by atoms with van der Waals surface area (Å²) in [5.74, 6) is 0.924. The Morgan fingerprint density at radius 3 is 2.94 bits per heavy atom. The minimum atomic E-state index is 0.0319. The van der Waals surface area contributed by atoms with Gasteiger partial charge in [-0.05, 0) is 24.6 Å². The van der Waals surface area contributed by atoms with Crippen LogP contribution in [-0.2, 0) is 6.54 Å². The van der Waals surface area contributed by atoms with Gasteiger partial charge >= 0.3 is 0 Å². The maximum atomic E-state index is 5.86. The minimum Gasteiger partial charge on any atom is -0.354 e. The van der Waals surface area contributed by atoms with Gasteiger partial charge in [-0.2, -0.15) is 0 Å². The highest BCUT2D eigenvalue weighted by molar-refractivity contribution is 7.07. The molecule has 0 amide bonds. The van der Waals surface area contributed by atoms with E-state index >= 15 is 0 Å². The molecule has 0 aromatic carbocycles. The highest BCUT2D eigenvalue weighted by Gasteiger charge is 2.07. The van der Waals surface area contributed by atoms with Gasteiger partial charge in [-0.1, -0.05) is 0 Å². The predicted octanol–water partition coefficient (Wildman–Crippen LogP) is 2.19. The van der Waals surface area contributed by atoms with Gasteiger partial charge < -0.3 is 10.6 Å². The third-order valence-electron chi connectivity index (χ3n) is 2.57. The summed E-state index contributed by atoms with van der Waals surface area (Å²) in [4.78, 5) is 10.7. The van der Waals surface area contributed by atoms with E-state index in [-0.39, 0.29) is 6.04 Å². The van der Waals surface area contributed by atoms with Gasteiger partial charge in [0.25, 0.3) is 0 Å². The van der Waals surface area contributed by atoms with Crippen LogP contribution < -0.4 is 10.6 Å². The summed E-state index contributed by atoms with van der Waals surface area (Å²) in [5.41, 5.74) is 9.86. The van der Waals surface area contributed by atoms with Crippen LogP contribution in [0.3, 0.4) is 0 Å². The van der Waals surface area contributed by atoms with Crippen LogP contribution in [0.15, 0.2) is 29.2 Å². The molecule has 0 saturated heterocycles. The average molecular weight is 248 g/mol. The Morgan fingerprint density at radius 1 is 1.47 bits per heavy atom. The summed E-state index contributed by atoms with van der Waals surface area (Å²) in [5, 5.41) is 2.05. The normalized spacial score (nSPS) is 12.4. The first-order valence-electron chi connectivity index (χ1n) is 5.46. The van der Waals surface area contributed by atoms with Gasteiger partial charge in [0.2, 0.25) is 0 Å². The molecule has 0 unspecified atom stereocenters. The first-order chi connectivity index (χ1) is 8.16. The van der Waals surface area contributed by atoms with Crippen molar-refractivity contribution in [1.29, 1.82) is 0 Å². The smallest absolute Gasteiger partial charge is 0.128 e. The maximum absolute atomic E-state index is 5.86. The first kappa shape index (κ1) is 12.0. The van der Waals surface area contributed by atoms with E-state index < -0.39 is 0 Å². The van der Waals surface area contributed by atoms with Crippen LogP contribution in [0.25, 0.3) is 0 Å². The fraction of sp³-hybridized carbons (Fsp3) is 0.333. The average Bonchev–Trinajstić information content (AvgIpc) is 2.82. The van der Waals surface area contributed by atoms with E-state index in [4.69, 9.17) is 5.73 Å². The van der Waals surface area contributed by atoms with Crippen LogP contribution in [0.4, 0.5) is 5.82 Å². The van der Waals surface area contributed by atoms with Gasteiger partial charge in [0.05, 0.1) is 17.7 Å². The molecule has 0 radical (unpaired) electrons. The zero-order chi connectivity index (χ0) is 12.3. The zero-order valence-corrected chi connectivity index (χ0v) is 10.8. The third-order valence-corrected chi connectivity index (χ3v) is 3.20. The largest absolute Gasteiger partial charge is 0.354 e. The van der Waals surface area contributed by atoms with Crippen molar-refractivity contribution in [3.05, 3.63) is 40.5 Å². The van der Waals surface area contributed by atoms with Crippen LogP contribution in [0.1, 0.15) is 24.2 Å². The number of pyridine rings is 1. The monoisotopic (exact) mass is 248 g/mol. The van der Waals surface area contributed by atoms with Gasteiger partial charge in [-0.3, -0.25) is 0 Å². The van der Waals surface area contributed by atoms with E-state index in [0.29, 0.717) is 0 Å². The topological polar surface area (TPSA) is 55.0 Å². The summed E-state index contributed by atoms with van der Waals surface area (Å²) in [6.45, 7) is 2.73. The van der Waals surface area contributed by atoms with E-state index in [1.54, 1.807) is 17.5 Å². The molecule has 2 aromatic heterocycles. The molecule has 0 spiro atoms. The Balaban J connectivity index is 2.13. The van der Waals surface area contributed by atoms with Crippen LogP contribution in [0, 0.1) is 0 Å². The first-order valence-corrected chi connectivity index (χ1v) is 6.41. The molecule has 0 fully saturated rings. The molecule has 2 aromatic rings. The number of aromatic nitrogens is 2. The summed E-state index contributed by atoms with van der Waals surface area (Å²) in [6, 6.07) is 4.01. The number of rotatable bonds is 4. The number of nitrogens with two attached hydrogens (primary N) is 1. The Labute approximate surface area is 105 Å². The highest BCUT2D eigenvalue weighted by atomic mass is 32.1. The summed E-state index contributed by atoms with van der Waals surface area (Å²) < 4.78 is 0. The fourth-order valence-corrected chi connectivity index (χ4v) is 2.12. The third kappa shape index (κ3) is 3.01. The Morgan fingerprint density at radius 2 is 2.29 bits per heavy atom. The minimum absolute atomic E-state index is 0.0319. The van der Waals surface area contributed by atoms with Crippen molar-refractivity contribution in [3.63, 3.8) is 0 Å². The fourth-order valence-electron chi connectivity index (χ4n) is 1.57. The molecule has 17 heavy (non-hydrogen) atoms. The molecule has 0 aliphatic carbocycles. The molecule has 0 saturated carbocycles. The quantitative estimate of drug-likeness (QED) is 0.901. The van der Waals surface area contributed by atoms with Gasteiger partial charge in [-0.15, -0.1) is 11.3 Å². The lowest BCUT2D eigenvalue weighted by atomic mass is 10.1. The van der Waals surface area contributed by atoms with Gasteiger partial charge in [0.15, 0.2) is 0 Å². The second-order valence-corrected chi connectivity index (χ2v) is 4.79. The van der Waals surface area contributed by atoms with E-state index in [0.717, 1.165) is 23.6 Å². The van der Waals surface area contributed by atoms with E-state index in [1.165, 1.54) is 0 Å². The van der Waals surface area contributed by atoms with Crippen molar-refractivity contribution in [2.24, 2.45) is 5.73 Å². The number of hydrogen-bond donors (Lipinski definition) is 1. The second-order valence-electron chi connectivity index (χ2n) is 4.07. The number of thiazole rings is 1. The summed E-state index contributed by atoms with van der Waals surface area (Å²) in [7, 11) is 2.01. The van der Waals surface area contributed by atoms with Crippen molar-refractivity contribution in [3.8, 4) is 0 Å². The molecule has 1 atom stereocenters. The molecule has 5 heteroatoms. The summed E-state index contributed by atoms with van der Waals surface area (Å²) >= 11 is 1.61. The van der Waals surface area contributed by atoms with Gasteiger partial charge in [-0.25, -0.2) is 9.97 Å².